The minimum absolute atomic E-state index is 0.0113. The van der Waals surface area contributed by atoms with Crippen LogP contribution in [-0.4, -0.2) is 51.1 Å². The van der Waals surface area contributed by atoms with Gasteiger partial charge in [0.1, 0.15) is 6.10 Å². The van der Waals surface area contributed by atoms with Crippen LogP contribution in [0.25, 0.3) is 0 Å². The molecule has 24 heavy (non-hydrogen) atoms. The molecule has 0 radical (unpaired) electrons. The molecule has 5 heteroatoms. The number of epoxide rings is 1. The van der Waals surface area contributed by atoms with Crippen LogP contribution in [0.2, 0.25) is 0 Å². The summed E-state index contributed by atoms with van der Waals surface area (Å²) in [5.41, 5.74) is 0.428. The maximum absolute atomic E-state index is 12.4. The van der Waals surface area contributed by atoms with Crippen LogP contribution in [-0.2, 0) is 19.0 Å². The molecule has 2 saturated carbocycles. The third-order valence-electron chi connectivity index (χ3n) is 7.15. The lowest BCUT2D eigenvalue weighted by Gasteiger charge is -2.51. The fraction of sp³-hybridized carbons (Fsp3) is 0.947. The molecule has 1 spiro atoms. The fourth-order valence-electron chi connectivity index (χ4n) is 5.79. The van der Waals surface area contributed by atoms with E-state index in [1.165, 1.54) is 19.3 Å². The predicted molar refractivity (Wildman–Crippen MR) is 89.6 cm³/mol. The van der Waals surface area contributed by atoms with Gasteiger partial charge in [-0.1, -0.05) is 6.92 Å². The van der Waals surface area contributed by atoms with E-state index in [1.807, 2.05) is 0 Å². The van der Waals surface area contributed by atoms with Crippen LogP contribution in [0, 0.1) is 23.2 Å². The van der Waals surface area contributed by atoms with Crippen molar-refractivity contribution in [3.8, 4) is 0 Å². The number of hydrogen-bond acceptors (Lipinski definition) is 5. The highest BCUT2D eigenvalue weighted by Gasteiger charge is 2.64. The molecule has 0 bridgehead atoms. The zero-order valence-corrected chi connectivity index (χ0v) is 15.0. The van der Waals surface area contributed by atoms with E-state index in [4.69, 9.17) is 14.2 Å². The Balaban J connectivity index is 1.42. The van der Waals surface area contributed by atoms with Crippen molar-refractivity contribution in [1.82, 2.24) is 5.32 Å². The Labute approximate surface area is 144 Å². The Bertz CT molecular complexity index is 492. The number of carbonyl (C=O) groups excluding carboxylic acids is 1. The molecule has 4 aliphatic rings. The number of hydrogen-bond donors (Lipinski definition) is 1. The molecule has 2 aliphatic heterocycles. The Hall–Kier alpha value is -0.650. The van der Waals surface area contributed by atoms with E-state index in [2.05, 4.69) is 12.2 Å². The second-order valence-corrected chi connectivity index (χ2v) is 8.65. The average Bonchev–Trinajstić information content (AvgIpc) is 3.24. The van der Waals surface area contributed by atoms with Gasteiger partial charge in [0, 0.05) is 26.2 Å². The van der Waals surface area contributed by atoms with Crippen LogP contribution in [0.15, 0.2) is 0 Å². The number of rotatable bonds is 6. The first-order valence-electron chi connectivity index (χ1n) is 9.62. The molecule has 0 aromatic carbocycles. The average molecular weight is 337 g/mol. The van der Waals surface area contributed by atoms with Gasteiger partial charge in [-0.05, 0) is 56.4 Å². The molecule has 4 rings (SSSR count). The van der Waals surface area contributed by atoms with Gasteiger partial charge in [-0.2, -0.15) is 0 Å². The molecule has 4 fully saturated rings. The molecular weight excluding hydrogens is 306 g/mol. The van der Waals surface area contributed by atoms with Crippen LogP contribution in [0.5, 0.6) is 0 Å². The molecule has 0 aromatic rings. The summed E-state index contributed by atoms with van der Waals surface area (Å²) in [7, 11) is 1.72. The lowest BCUT2D eigenvalue weighted by molar-refractivity contribution is -0.147. The van der Waals surface area contributed by atoms with Crippen LogP contribution >= 0.6 is 0 Å². The number of methoxy groups -OCH3 is 1. The van der Waals surface area contributed by atoms with Crippen molar-refractivity contribution >= 4 is 5.97 Å². The SMILES string of the molecule is COCCCNC[C@H]1C(=O)O[C@@H]2C[C@@]3(C)CCC[C@]4(CO4)[C@@H]3C[C@@H]21. The summed E-state index contributed by atoms with van der Waals surface area (Å²) in [6, 6.07) is 0. The second-order valence-electron chi connectivity index (χ2n) is 8.65. The lowest BCUT2D eigenvalue weighted by Crippen LogP contribution is -2.51. The van der Waals surface area contributed by atoms with Gasteiger partial charge in [0.05, 0.1) is 18.1 Å². The number of esters is 1. The van der Waals surface area contributed by atoms with Gasteiger partial charge in [0.15, 0.2) is 0 Å². The van der Waals surface area contributed by atoms with Crippen molar-refractivity contribution in [1.29, 1.82) is 0 Å². The van der Waals surface area contributed by atoms with E-state index in [1.54, 1.807) is 7.11 Å². The molecule has 136 valence electrons. The third kappa shape index (κ3) is 2.78. The van der Waals surface area contributed by atoms with E-state index in [0.29, 0.717) is 11.8 Å². The molecule has 2 aliphatic carbocycles. The zero-order valence-electron chi connectivity index (χ0n) is 15.0. The molecule has 6 atom stereocenters. The highest BCUT2D eigenvalue weighted by Crippen LogP contribution is 2.62. The summed E-state index contributed by atoms with van der Waals surface area (Å²) < 4.78 is 16.8. The highest BCUT2D eigenvalue weighted by atomic mass is 16.6. The van der Waals surface area contributed by atoms with Gasteiger partial charge >= 0.3 is 5.97 Å². The Kier molecular flexibility index (Phi) is 4.38. The molecule has 0 unspecified atom stereocenters. The molecular formula is C19H31NO4. The van der Waals surface area contributed by atoms with Crippen LogP contribution in [0.3, 0.4) is 0 Å². The van der Waals surface area contributed by atoms with Crippen LogP contribution < -0.4 is 5.32 Å². The quantitative estimate of drug-likeness (QED) is 0.457. The maximum Gasteiger partial charge on any atom is 0.310 e. The van der Waals surface area contributed by atoms with Gasteiger partial charge in [0.25, 0.3) is 0 Å². The number of fused-ring (bicyclic) bond motifs is 3. The van der Waals surface area contributed by atoms with Crippen molar-refractivity contribution in [3.05, 3.63) is 0 Å². The first-order chi connectivity index (χ1) is 11.6. The molecule has 0 amide bonds. The standard InChI is InChI=1S/C19H31NO4/c1-18-5-3-6-19(12-23-19)16(18)9-13-14(11-20-7-4-8-22-2)17(21)24-15(13)10-18/h13-16,20H,3-12H2,1-2H3/t13-,14-,15-,16-,18-,19+/m1/s1. The Morgan fingerprint density at radius 2 is 2.21 bits per heavy atom. The molecule has 2 heterocycles. The second kappa shape index (κ2) is 6.26. The topological polar surface area (TPSA) is 60.1 Å². The Morgan fingerprint density at radius 1 is 1.38 bits per heavy atom. The summed E-state index contributed by atoms with van der Waals surface area (Å²) in [5.74, 6) is 0.993. The van der Waals surface area contributed by atoms with Crippen molar-refractivity contribution in [2.45, 2.75) is 57.2 Å². The lowest BCUT2D eigenvalue weighted by atomic mass is 9.53. The van der Waals surface area contributed by atoms with Crippen LogP contribution in [0.4, 0.5) is 0 Å². The van der Waals surface area contributed by atoms with Crippen molar-refractivity contribution in [2.75, 3.05) is 33.4 Å². The monoisotopic (exact) mass is 337 g/mol. The summed E-state index contributed by atoms with van der Waals surface area (Å²) >= 11 is 0. The highest BCUT2D eigenvalue weighted by molar-refractivity contribution is 5.75. The summed E-state index contributed by atoms with van der Waals surface area (Å²) in [5, 5.41) is 3.43. The van der Waals surface area contributed by atoms with E-state index < -0.39 is 0 Å². The molecule has 0 aromatic heterocycles. The number of nitrogens with one attached hydrogen (secondary N) is 1. The van der Waals surface area contributed by atoms with Gasteiger partial charge in [0.2, 0.25) is 0 Å². The van der Waals surface area contributed by atoms with E-state index in [0.717, 1.165) is 45.6 Å². The normalized spacial score (nSPS) is 46.5. The fourth-order valence-corrected chi connectivity index (χ4v) is 5.79. The number of carbonyl (C=O) groups is 1. The zero-order chi connectivity index (χ0) is 16.8. The molecule has 5 nitrogen and oxygen atoms in total. The Morgan fingerprint density at radius 3 is 2.96 bits per heavy atom. The van der Waals surface area contributed by atoms with Gasteiger partial charge < -0.3 is 19.5 Å². The van der Waals surface area contributed by atoms with Gasteiger partial charge in [-0.3, -0.25) is 4.79 Å². The first kappa shape index (κ1) is 16.8. The first-order valence-corrected chi connectivity index (χ1v) is 9.62. The van der Waals surface area contributed by atoms with Crippen molar-refractivity contribution < 1.29 is 19.0 Å². The van der Waals surface area contributed by atoms with Gasteiger partial charge in [-0.15, -0.1) is 0 Å². The number of ether oxygens (including phenoxy) is 3. The van der Waals surface area contributed by atoms with Gasteiger partial charge in [-0.25, -0.2) is 0 Å². The van der Waals surface area contributed by atoms with E-state index in [-0.39, 0.29) is 29.0 Å². The minimum Gasteiger partial charge on any atom is -0.462 e. The minimum atomic E-state index is 0.0113. The van der Waals surface area contributed by atoms with Crippen molar-refractivity contribution in [3.63, 3.8) is 0 Å². The summed E-state index contributed by atoms with van der Waals surface area (Å²) in [6.07, 6.45) is 6.94. The molecule has 2 saturated heterocycles. The largest absolute Gasteiger partial charge is 0.462 e. The summed E-state index contributed by atoms with van der Waals surface area (Å²) in [4.78, 5) is 12.4. The smallest absolute Gasteiger partial charge is 0.310 e. The summed E-state index contributed by atoms with van der Waals surface area (Å²) in [6.45, 7) is 5.72. The third-order valence-corrected chi connectivity index (χ3v) is 7.15. The van der Waals surface area contributed by atoms with Crippen molar-refractivity contribution in [2.24, 2.45) is 23.2 Å². The van der Waals surface area contributed by atoms with E-state index in [9.17, 15) is 4.79 Å². The maximum atomic E-state index is 12.4. The van der Waals surface area contributed by atoms with Crippen LogP contribution in [0.1, 0.15) is 45.4 Å². The molecule has 1 N–H and O–H groups in total. The van der Waals surface area contributed by atoms with E-state index >= 15 is 0 Å². The predicted octanol–water partition coefficient (Wildman–Crippen LogP) is 2.14.